The number of sulfonamides is 3. The molecule has 0 N–H and O–H groups in total. The number of rotatable bonds is 7. The van der Waals surface area contributed by atoms with Crippen LogP contribution in [0.1, 0.15) is 36.8 Å². The van der Waals surface area contributed by atoms with Gasteiger partial charge >= 0.3 is 0 Å². The van der Waals surface area contributed by atoms with Crippen molar-refractivity contribution in [2.75, 3.05) is 26.2 Å². The third-order valence-electron chi connectivity index (χ3n) is 8.51. The van der Waals surface area contributed by atoms with E-state index in [2.05, 4.69) is 0 Å². The van der Waals surface area contributed by atoms with E-state index in [1.54, 1.807) is 24.3 Å². The minimum atomic E-state index is -4.30. The fourth-order valence-electron chi connectivity index (χ4n) is 6.04. The van der Waals surface area contributed by atoms with Crippen LogP contribution in [0.15, 0.2) is 87.5 Å². The van der Waals surface area contributed by atoms with E-state index in [0.717, 1.165) is 39.7 Å². The van der Waals surface area contributed by atoms with Crippen LogP contribution in [-0.2, 0) is 30.1 Å². The Hall–Kier alpha value is -3.21. The van der Waals surface area contributed by atoms with Gasteiger partial charge in [0, 0.05) is 50.4 Å². The Kier molecular flexibility index (Phi) is 9.50. The number of nitro groups is 1. The van der Waals surface area contributed by atoms with Crippen LogP contribution in [0.4, 0.5) is 5.69 Å². The summed E-state index contributed by atoms with van der Waals surface area (Å²) < 4.78 is 88.4. The lowest BCUT2D eigenvalue weighted by Gasteiger charge is -2.43. The van der Waals surface area contributed by atoms with Crippen molar-refractivity contribution in [3.63, 3.8) is 0 Å². The van der Waals surface area contributed by atoms with Gasteiger partial charge in [0.15, 0.2) is 0 Å². The second-order valence-electron chi connectivity index (χ2n) is 11.4. The van der Waals surface area contributed by atoms with Crippen LogP contribution in [0, 0.1) is 24.0 Å². The second kappa shape index (κ2) is 12.9. The molecule has 2 fully saturated rings. The number of benzene rings is 3. The minimum absolute atomic E-state index is 0.0365. The van der Waals surface area contributed by atoms with E-state index in [9.17, 15) is 35.4 Å². The summed E-state index contributed by atoms with van der Waals surface area (Å²) in [5, 5.41) is 11.2. The summed E-state index contributed by atoms with van der Waals surface area (Å²) in [5.74, 6) is 0. The molecule has 2 aliphatic rings. The fraction of sp³-hybridized carbons (Fsp3) is 0.400. The van der Waals surface area contributed by atoms with Crippen LogP contribution in [0.3, 0.4) is 0 Å². The van der Waals surface area contributed by atoms with Crippen LogP contribution in [0.25, 0.3) is 0 Å². The van der Waals surface area contributed by atoms with Crippen molar-refractivity contribution in [1.82, 2.24) is 12.9 Å². The molecule has 242 valence electrons. The molecule has 0 aromatic heterocycles. The molecular formula is C30H36N4O8S3. The van der Waals surface area contributed by atoms with Gasteiger partial charge in [0.1, 0.15) is 0 Å². The van der Waals surface area contributed by atoms with Crippen molar-refractivity contribution < 1.29 is 30.2 Å². The van der Waals surface area contributed by atoms with E-state index in [0.29, 0.717) is 25.7 Å². The first-order chi connectivity index (χ1) is 21.2. The maximum absolute atomic E-state index is 14.2. The van der Waals surface area contributed by atoms with Crippen LogP contribution in [0.2, 0.25) is 0 Å². The van der Waals surface area contributed by atoms with Gasteiger partial charge in [-0.25, -0.2) is 25.3 Å². The Bertz CT molecular complexity index is 1770. The number of fused-ring (bicyclic) bond motifs is 1. The largest absolute Gasteiger partial charge is 0.269 e. The highest BCUT2D eigenvalue weighted by Crippen LogP contribution is 2.35. The van der Waals surface area contributed by atoms with Crippen LogP contribution in [-0.4, -0.2) is 81.4 Å². The number of hydrogen-bond donors (Lipinski definition) is 0. The number of nitro benzene ring substituents is 1. The molecule has 15 heteroatoms. The van der Waals surface area contributed by atoms with Gasteiger partial charge in [-0.2, -0.15) is 12.9 Å². The van der Waals surface area contributed by atoms with Gasteiger partial charge in [-0.3, -0.25) is 10.1 Å². The molecule has 1 aliphatic carbocycles. The quantitative estimate of drug-likeness (QED) is 0.270. The summed E-state index contributed by atoms with van der Waals surface area (Å²) in [6, 6.07) is 15.7. The van der Waals surface area contributed by atoms with Gasteiger partial charge in [0.05, 0.1) is 19.6 Å². The third kappa shape index (κ3) is 6.69. The van der Waals surface area contributed by atoms with Crippen molar-refractivity contribution in [3.8, 4) is 0 Å². The Balaban J connectivity index is 1.63. The predicted molar refractivity (Wildman–Crippen MR) is 168 cm³/mol. The first-order valence-corrected chi connectivity index (χ1v) is 19.0. The third-order valence-corrected chi connectivity index (χ3v) is 14.3. The highest BCUT2D eigenvalue weighted by atomic mass is 32.2. The SMILES string of the molecule is Cc1ccc(S(=O)(=O)N2CCN(S(=O)(=O)c3ccc([N+](=O)[O-])cc3)CCN(S(=O)(=O)c3ccc(C)cc3)[C@H]3CCCC[C@@H]32)cc1. The molecule has 0 unspecified atom stereocenters. The molecule has 5 rings (SSSR count). The standard InChI is InChI=1S/C30H36N4O8S3/c1-23-7-13-27(14-8-23)44(39,40)32-21-19-31(43(37,38)26-17-11-25(12-18-26)34(35)36)20-22-33(30-6-4-3-5-29(30)32)45(41,42)28-15-9-24(2)10-16-28/h7-18,29-30H,3-6,19-22H2,1-2H3/t29-,30-/m0/s1. The molecule has 2 atom stereocenters. The molecule has 0 radical (unpaired) electrons. The van der Waals surface area contributed by atoms with Gasteiger partial charge in [-0.1, -0.05) is 48.2 Å². The predicted octanol–water partition coefficient (Wildman–Crippen LogP) is 3.91. The number of nitrogens with zero attached hydrogens (tertiary/aromatic N) is 4. The molecule has 0 bridgehead atoms. The zero-order chi connectivity index (χ0) is 32.6. The lowest BCUT2D eigenvalue weighted by Crippen LogP contribution is -2.56. The summed E-state index contributed by atoms with van der Waals surface area (Å²) in [6.45, 7) is 2.77. The monoisotopic (exact) mass is 676 g/mol. The number of hydrogen-bond acceptors (Lipinski definition) is 8. The molecule has 1 saturated carbocycles. The Morgan fingerprint density at radius 3 is 1.31 bits per heavy atom. The Morgan fingerprint density at radius 2 is 0.933 bits per heavy atom. The van der Waals surface area contributed by atoms with E-state index in [4.69, 9.17) is 0 Å². The molecule has 1 saturated heterocycles. The van der Waals surface area contributed by atoms with Crippen molar-refractivity contribution in [1.29, 1.82) is 0 Å². The fourth-order valence-corrected chi connectivity index (χ4v) is 10.8. The number of non-ortho nitro benzene ring substituents is 1. The molecule has 3 aromatic rings. The first kappa shape index (κ1) is 33.2. The normalized spacial score (nSPS) is 21.3. The average Bonchev–Trinajstić information content (AvgIpc) is 3.10. The van der Waals surface area contributed by atoms with E-state index in [1.807, 2.05) is 13.8 Å². The summed E-state index contributed by atoms with van der Waals surface area (Å²) in [4.78, 5) is 10.4. The van der Waals surface area contributed by atoms with Gasteiger partial charge in [0.25, 0.3) is 5.69 Å². The topological polar surface area (TPSA) is 155 Å². The van der Waals surface area contributed by atoms with E-state index < -0.39 is 47.1 Å². The van der Waals surface area contributed by atoms with Gasteiger partial charge in [-0.15, -0.1) is 0 Å². The molecule has 45 heavy (non-hydrogen) atoms. The van der Waals surface area contributed by atoms with Crippen LogP contribution in [0.5, 0.6) is 0 Å². The van der Waals surface area contributed by atoms with Gasteiger partial charge in [-0.05, 0) is 63.1 Å². The van der Waals surface area contributed by atoms with Crippen molar-refractivity contribution in [3.05, 3.63) is 94.0 Å². The van der Waals surface area contributed by atoms with Gasteiger partial charge < -0.3 is 0 Å². The highest BCUT2D eigenvalue weighted by molar-refractivity contribution is 7.90. The number of aryl methyl sites for hydroxylation is 2. The van der Waals surface area contributed by atoms with E-state index in [-0.39, 0.29) is 46.6 Å². The van der Waals surface area contributed by atoms with Crippen molar-refractivity contribution in [2.24, 2.45) is 0 Å². The molecular weight excluding hydrogens is 641 g/mol. The summed E-state index contributed by atoms with van der Waals surface area (Å²) in [7, 11) is -12.7. The van der Waals surface area contributed by atoms with Crippen LogP contribution < -0.4 is 0 Å². The van der Waals surface area contributed by atoms with Gasteiger partial charge in [0.2, 0.25) is 30.1 Å². The zero-order valence-electron chi connectivity index (χ0n) is 25.0. The van der Waals surface area contributed by atoms with Crippen molar-refractivity contribution in [2.45, 2.75) is 66.3 Å². The summed E-state index contributed by atoms with van der Waals surface area (Å²) in [6.07, 6.45) is 2.18. The zero-order valence-corrected chi connectivity index (χ0v) is 27.5. The molecule has 12 nitrogen and oxygen atoms in total. The smallest absolute Gasteiger partial charge is 0.258 e. The average molecular weight is 677 g/mol. The van der Waals surface area contributed by atoms with E-state index in [1.165, 1.54) is 32.9 Å². The van der Waals surface area contributed by atoms with Crippen LogP contribution >= 0.6 is 0 Å². The minimum Gasteiger partial charge on any atom is -0.258 e. The molecule has 0 spiro atoms. The lowest BCUT2D eigenvalue weighted by molar-refractivity contribution is -0.384. The van der Waals surface area contributed by atoms with Crippen molar-refractivity contribution >= 4 is 35.8 Å². The maximum Gasteiger partial charge on any atom is 0.269 e. The highest BCUT2D eigenvalue weighted by Gasteiger charge is 2.45. The first-order valence-electron chi connectivity index (χ1n) is 14.6. The van der Waals surface area contributed by atoms with E-state index >= 15 is 0 Å². The second-order valence-corrected chi connectivity index (χ2v) is 17.2. The summed E-state index contributed by atoms with van der Waals surface area (Å²) >= 11 is 0. The molecule has 0 amide bonds. The molecule has 1 heterocycles. The Labute approximate surface area is 264 Å². The lowest BCUT2D eigenvalue weighted by atomic mass is 9.90. The molecule has 1 aliphatic heterocycles. The Morgan fingerprint density at radius 1 is 0.578 bits per heavy atom. The maximum atomic E-state index is 14.2. The molecule has 3 aromatic carbocycles. The summed E-state index contributed by atoms with van der Waals surface area (Å²) in [5.41, 5.74) is 1.45.